The van der Waals surface area contributed by atoms with Crippen molar-refractivity contribution < 1.29 is 9.18 Å². The van der Waals surface area contributed by atoms with Crippen molar-refractivity contribution in [1.29, 1.82) is 0 Å². The maximum Gasteiger partial charge on any atom is 0.251 e. The molecule has 20 heavy (non-hydrogen) atoms. The summed E-state index contributed by atoms with van der Waals surface area (Å²) in [6, 6.07) is 11.3. The minimum atomic E-state index is -0.408. The van der Waals surface area contributed by atoms with E-state index in [4.69, 9.17) is 0 Å². The lowest BCUT2D eigenvalue weighted by Gasteiger charge is -2.07. The molecule has 0 saturated carbocycles. The normalized spacial score (nSPS) is 10.1. The molecule has 5 heteroatoms. The molecule has 2 N–H and O–H groups in total. The zero-order valence-corrected chi connectivity index (χ0v) is 11.0. The smallest absolute Gasteiger partial charge is 0.251 e. The van der Waals surface area contributed by atoms with Crippen LogP contribution in [0, 0.1) is 5.82 Å². The summed E-state index contributed by atoms with van der Waals surface area (Å²) in [6.07, 6.45) is 2.48. The highest BCUT2D eigenvalue weighted by Gasteiger charge is 2.04. The van der Waals surface area contributed by atoms with Crippen LogP contribution >= 0.6 is 0 Å². The van der Waals surface area contributed by atoms with Gasteiger partial charge in [-0.2, -0.15) is 0 Å². The van der Waals surface area contributed by atoms with E-state index in [9.17, 15) is 9.18 Å². The average Bonchev–Trinajstić information content (AvgIpc) is 2.48. The van der Waals surface area contributed by atoms with E-state index in [0.717, 1.165) is 12.2 Å². The summed E-state index contributed by atoms with van der Waals surface area (Å²) in [5.41, 5.74) is 0.336. The van der Waals surface area contributed by atoms with E-state index in [-0.39, 0.29) is 5.91 Å². The van der Waals surface area contributed by atoms with Crippen molar-refractivity contribution in [3.63, 3.8) is 0 Å². The van der Waals surface area contributed by atoms with Gasteiger partial charge in [-0.15, -0.1) is 0 Å². The van der Waals surface area contributed by atoms with E-state index in [1.165, 1.54) is 18.2 Å². The van der Waals surface area contributed by atoms with Gasteiger partial charge in [0.2, 0.25) is 0 Å². The highest BCUT2D eigenvalue weighted by atomic mass is 19.1. The minimum Gasteiger partial charge on any atom is -0.370 e. The number of carbonyl (C=O) groups is 1. The highest BCUT2D eigenvalue weighted by Crippen LogP contribution is 2.03. The van der Waals surface area contributed by atoms with Crippen LogP contribution in [0.3, 0.4) is 0 Å². The van der Waals surface area contributed by atoms with Crippen LogP contribution in [-0.2, 0) is 0 Å². The standard InChI is InChI=1S/C15H16FN3O/c16-13-6-3-5-12(11-13)15(20)19-10-4-9-18-14-7-1-2-8-17-14/h1-3,5-8,11H,4,9-10H2,(H,17,18)(H,19,20). The Bertz CT molecular complexity index is 560. The molecule has 1 aromatic heterocycles. The van der Waals surface area contributed by atoms with Gasteiger partial charge < -0.3 is 10.6 Å². The number of amides is 1. The third kappa shape index (κ3) is 4.35. The molecule has 104 valence electrons. The Kier molecular flexibility index (Phi) is 5.06. The summed E-state index contributed by atoms with van der Waals surface area (Å²) in [7, 11) is 0. The number of benzene rings is 1. The summed E-state index contributed by atoms with van der Waals surface area (Å²) in [5, 5.41) is 5.89. The van der Waals surface area contributed by atoms with Gasteiger partial charge in [0.05, 0.1) is 0 Å². The zero-order chi connectivity index (χ0) is 14.2. The van der Waals surface area contributed by atoms with Crippen molar-refractivity contribution >= 4 is 11.7 Å². The molecular weight excluding hydrogens is 257 g/mol. The van der Waals surface area contributed by atoms with E-state index in [1.807, 2.05) is 18.2 Å². The van der Waals surface area contributed by atoms with Crippen molar-refractivity contribution in [2.24, 2.45) is 0 Å². The van der Waals surface area contributed by atoms with Crippen molar-refractivity contribution in [1.82, 2.24) is 10.3 Å². The summed E-state index contributed by atoms with van der Waals surface area (Å²) in [4.78, 5) is 15.8. The van der Waals surface area contributed by atoms with Crippen LogP contribution in [0.1, 0.15) is 16.8 Å². The molecule has 2 aromatic rings. The molecule has 2 rings (SSSR count). The Balaban J connectivity index is 1.67. The van der Waals surface area contributed by atoms with Crippen LogP contribution in [0.4, 0.5) is 10.2 Å². The Morgan fingerprint density at radius 1 is 1.15 bits per heavy atom. The summed E-state index contributed by atoms with van der Waals surface area (Å²) < 4.78 is 13.0. The molecule has 0 radical (unpaired) electrons. The SMILES string of the molecule is O=C(NCCCNc1ccccn1)c1cccc(F)c1. The first kappa shape index (κ1) is 14.0. The molecule has 0 saturated heterocycles. The van der Waals surface area contributed by atoms with Crippen LogP contribution < -0.4 is 10.6 Å². The number of nitrogens with one attached hydrogen (secondary N) is 2. The molecule has 0 spiro atoms. The van der Waals surface area contributed by atoms with Gasteiger partial charge in [0.15, 0.2) is 0 Å². The number of aromatic nitrogens is 1. The van der Waals surface area contributed by atoms with E-state index in [1.54, 1.807) is 12.3 Å². The third-order valence-corrected chi connectivity index (χ3v) is 2.70. The van der Waals surface area contributed by atoms with Crippen molar-refractivity contribution in [3.05, 3.63) is 60.0 Å². The molecule has 0 fully saturated rings. The van der Waals surface area contributed by atoms with Crippen LogP contribution in [0.2, 0.25) is 0 Å². The third-order valence-electron chi connectivity index (χ3n) is 2.70. The van der Waals surface area contributed by atoms with Gasteiger partial charge in [-0.05, 0) is 36.8 Å². The molecule has 1 amide bonds. The molecule has 1 heterocycles. The zero-order valence-electron chi connectivity index (χ0n) is 11.0. The lowest BCUT2D eigenvalue weighted by molar-refractivity contribution is 0.0953. The van der Waals surface area contributed by atoms with Crippen molar-refractivity contribution in [3.8, 4) is 0 Å². The first-order valence-corrected chi connectivity index (χ1v) is 6.44. The molecule has 0 aliphatic carbocycles. The Hall–Kier alpha value is -2.43. The number of anilines is 1. The topological polar surface area (TPSA) is 54.0 Å². The van der Waals surface area contributed by atoms with Crippen molar-refractivity contribution in [2.75, 3.05) is 18.4 Å². The van der Waals surface area contributed by atoms with Crippen molar-refractivity contribution in [2.45, 2.75) is 6.42 Å². The van der Waals surface area contributed by atoms with Crippen LogP contribution in [0.5, 0.6) is 0 Å². The molecule has 4 nitrogen and oxygen atoms in total. The Morgan fingerprint density at radius 2 is 2.05 bits per heavy atom. The van der Waals surface area contributed by atoms with E-state index in [2.05, 4.69) is 15.6 Å². The number of rotatable bonds is 6. The summed E-state index contributed by atoms with van der Waals surface area (Å²) in [6.45, 7) is 1.23. The van der Waals surface area contributed by atoms with Gasteiger partial charge in [0.1, 0.15) is 11.6 Å². The second-order valence-corrected chi connectivity index (χ2v) is 4.26. The van der Waals surface area contributed by atoms with Gasteiger partial charge in [-0.1, -0.05) is 12.1 Å². The van der Waals surface area contributed by atoms with Gasteiger partial charge in [-0.25, -0.2) is 9.37 Å². The van der Waals surface area contributed by atoms with Gasteiger partial charge in [-0.3, -0.25) is 4.79 Å². The molecule has 0 aliphatic rings. The molecule has 0 bridgehead atoms. The van der Waals surface area contributed by atoms with Gasteiger partial charge in [0, 0.05) is 24.8 Å². The quantitative estimate of drug-likeness (QED) is 0.795. The van der Waals surface area contributed by atoms with E-state index < -0.39 is 5.82 Å². The fourth-order valence-corrected chi connectivity index (χ4v) is 1.71. The highest BCUT2D eigenvalue weighted by molar-refractivity contribution is 5.94. The number of nitrogens with zero attached hydrogens (tertiary/aromatic N) is 1. The molecular formula is C15H16FN3O. The average molecular weight is 273 g/mol. The molecule has 0 aliphatic heterocycles. The summed E-state index contributed by atoms with van der Waals surface area (Å²) in [5.74, 6) is 0.140. The van der Waals surface area contributed by atoms with Crippen LogP contribution in [0.25, 0.3) is 0 Å². The predicted octanol–water partition coefficient (Wildman–Crippen LogP) is 2.45. The van der Waals surface area contributed by atoms with Crippen LogP contribution in [0.15, 0.2) is 48.7 Å². The number of hydrogen-bond acceptors (Lipinski definition) is 3. The number of halogens is 1. The lowest BCUT2D eigenvalue weighted by atomic mass is 10.2. The van der Waals surface area contributed by atoms with Crippen LogP contribution in [-0.4, -0.2) is 24.0 Å². The van der Waals surface area contributed by atoms with Gasteiger partial charge in [0.25, 0.3) is 5.91 Å². The lowest BCUT2D eigenvalue weighted by Crippen LogP contribution is -2.25. The second kappa shape index (κ2) is 7.23. The van der Waals surface area contributed by atoms with E-state index >= 15 is 0 Å². The molecule has 0 unspecified atom stereocenters. The minimum absolute atomic E-state index is 0.262. The maximum absolute atomic E-state index is 13.0. The number of pyridine rings is 1. The second-order valence-electron chi connectivity index (χ2n) is 4.26. The molecule has 1 aromatic carbocycles. The monoisotopic (exact) mass is 273 g/mol. The number of hydrogen-bond donors (Lipinski definition) is 2. The first-order chi connectivity index (χ1) is 9.75. The first-order valence-electron chi connectivity index (χ1n) is 6.44. The largest absolute Gasteiger partial charge is 0.370 e. The van der Waals surface area contributed by atoms with Gasteiger partial charge >= 0.3 is 0 Å². The predicted molar refractivity (Wildman–Crippen MR) is 76.1 cm³/mol. The van der Waals surface area contributed by atoms with E-state index in [0.29, 0.717) is 18.7 Å². The Morgan fingerprint density at radius 3 is 2.80 bits per heavy atom. The fourth-order valence-electron chi connectivity index (χ4n) is 1.71. The Labute approximate surface area is 117 Å². The fraction of sp³-hybridized carbons (Fsp3) is 0.200. The molecule has 0 atom stereocenters. The maximum atomic E-state index is 13.0. The number of carbonyl (C=O) groups excluding carboxylic acids is 1. The summed E-state index contributed by atoms with van der Waals surface area (Å²) >= 11 is 0.